The molecule has 0 radical (unpaired) electrons. The van der Waals surface area contributed by atoms with E-state index in [2.05, 4.69) is 25.5 Å². The van der Waals surface area contributed by atoms with Gasteiger partial charge in [-0.3, -0.25) is 0 Å². The molecule has 0 aliphatic heterocycles. The SMILES string of the molecule is CCc1nnc(CN(C)C(=O)N[C@@H](CC)c2nc3ccc(C)cc3[nH]2)o1. The van der Waals surface area contributed by atoms with Crippen molar-refractivity contribution in [2.75, 3.05) is 7.05 Å². The highest BCUT2D eigenvalue weighted by Gasteiger charge is 2.20. The first kappa shape index (κ1) is 17.9. The predicted molar refractivity (Wildman–Crippen MR) is 97.5 cm³/mol. The summed E-state index contributed by atoms with van der Waals surface area (Å²) in [6.45, 7) is 6.24. The molecule has 0 aliphatic carbocycles. The van der Waals surface area contributed by atoms with Gasteiger partial charge in [-0.15, -0.1) is 10.2 Å². The van der Waals surface area contributed by atoms with Crippen LogP contribution in [0, 0.1) is 6.92 Å². The number of H-pyrrole nitrogens is 1. The van der Waals surface area contributed by atoms with Gasteiger partial charge in [0.1, 0.15) is 12.4 Å². The number of aryl methyl sites for hydroxylation is 2. The fourth-order valence-electron chi connectivity index (χ4n) is 2.70. The molecule has 2 N–H and O–H groups in total. The largest absolute Gasteiger partial charge is 0.423 e. The van der Waals surface area contributed by atoms with Crippen LogP contribution in [0.25, 0.3) is 11.0 Å². The molecule has 8 nitrogen and oxygen atoms in total. The van der Waals surface area contributed by atoms with Crippen molar-refractivity contribution in [3.8, 4) is 0 Å². The number of imidazole rings is 1. The van der Waals surface area contributed by atoms with Crippen LogP contribution >= 0.6 is 0 Å². The molecule has 1 aromatic carbocycles. The van der Waals surface area contributed by atoms with Crippen LogP contribution in [0.5, 0.6) is 0 Å². The number of carbonyl (C=O) groups excluding carboxylic acids is 1. The number of nitrogens with one attached hydrogen (secondary N) is 2. The van der Waals surface area contributed by atoms with Gasteiger partial charge in [-0.05, 0) is 31.0 Å². The van der Waals surface area contributed by atoms with Crippen molar-refractivity contribution in [3.05, 3.63) is 41.4 Å². The highest BCUT2D eigenvalue weighted by Crippen LogP contribution is 2.19. The minimum Gasteiger partial charge on any atom is -0.423 e. The molecule has 3 rings (SSSR count). The first-order chi connectivity index (χ1) is 12.5. The zero-order chi connectivity index (χ0) is 18.7. The summed E-state index contributed by atoms with van der Waals surface area (Å²) in [7, 11) is 1.69. The van der Waals surface area contributed by atoms with Crippen molar-refractivity contribution >= 4 is 17.1 Å². The standard InChI is InChI=1S/C18H24N6O2/c1-5-12(17-19-13-8-7-11(3)9-14(13)20-17)21-18(25)24(4)10-16-23-22-15(6-2)26-16/h7-9,12H,5-6,10H2,1-4H3,(H,19,20)(H,21,25)/t12-/m0/s1. The highest BCUT2D eigenvalue weighted by atomic mass is 16.4. The number of amides is 2. The summed E-state index contributed by atoms with van der Waals surface area (Å²) in [4.78, 5) is 21.9. The second-order valence-electron chi connectivity index (χ2n) is 6.35. The lowest BCUT2D eigenvalue weighted by Gasteiger charge is -2.20. The molecular weight excluding hydrogens is 332 g/mol. The Morgan fingerprint density at radius 3 is 2.77 bits per heavy atom. The van der Waals surface area contributed by atoms with Crippen molar-refractivity contribution in [3.63, 3.8) is 0 Å². The number of hydrogen-bond acceptors (Lipinski definition) is 5. The van der Waals surface area contributed by atoms with Gasteiger partial charge >= 0.3 is 6.03 Å². The summed E-state index contributed by atoms with van der Waals surface area (Å²) in [6, 6.07) is 5.63. The Morgan fingerprint density at radius 1 is 1.31 bits per heavy atom. The maximum atomic E-state index is 12.5. The second kappa shape index (κ2) is 7.55. The van der Waals surface area contributed by atoms with Crippen LogP contribution in [0.4, 0.5) is 4.79 Å². The zero-order valence-electron chi connectivity index (χ0n) is 15.5. The van der Waals surface area contributed by atoms with E-state index in [0.717, 1.165) is 28.8 Å². The summed E-state index contributed by atoms with van der Waals surface area (Å²) >= 11 is 0. The first-order valence-electron chi connectivity index (χ1n) is 8.79. The topological polar surface area (TPSA) is 99.9 Å². The summed E-state index contributed by atoms with van der Waals surface area (Å²) in [6.07, 6.45) is 1.39. The Balaban J connectivity index is 1.68. The fraction of sp³-hybridized carbons (Fsp3) is 0.444. The molecule has 8 heteroatoms. The summed E-state index contributed by atoms with van der Waals surface area (Å²) in [5.41, 5.74) is 3.03. The maximum absolute atomic E-state index is 12.5. The third-order valence-electron chi connectivity index (χ3n) is 4.22. The predicted octanol–water partition coefficient (Wildman–Crippen LogP) is 3.11. The van der Waals surface area contributed by atoms with E-state index in [-0.39, 0.29) is 18.6 Å². The summed E-state index contributed by atoms with van der Waals surface area (Å²) < 4.78 is 5.46. The van der Waals surface area contributed by atoms with Gasteiger partial charge in [0, 0.05) is 13.5 Å². The molecule has 0 aliphatic rings. The molecule has 0 bridgehead atoms. The van der Waals surface area contributed by atoms with Crippen LogP contribution in [0.3, 0.4) is 0 Å². The van der Waals surface area contributed by atoms with Crippen molar-refractivity contribution < 1.29 is 9.21 Å². The number of fused-ring (bicyclic) bond motifs is 1. The lowest BCUT2D eigenvalue weighted by molar-refractivity contribution is 0.196. The van der Waals surface area contributed by atoms with E-state index in [1.807, 2.05) is 39.0 Å². The fourth-order valence-corrected chi connectivity index (χ4v) is 2.70. The van der Waals surface area contributed by atoms with Gasteiger partial charge in [0.15, 0.2) is 0 Å². The molecule has 3 aromatic rings. The van der Waals surface area contributed by atoms with Crippen LogP contribution < -0.4 is 5.32 Å². The van der Waals surface area contributed by atoms with E-state index in [0.29, 0.717) is 18.2 Å². The van der Waals surface area contributed by atoms with Crippen LogP contribution in [0.15, 0.2) is 22.6 Å². The average Bonchev–Trinajstić information content (AvgIpc) is 3.25. The second-order valence-corrected chi connectivity index (χ2v) is 6.35. The third-order valence-corrected chi connectivity index (χ3v) is 4.22. The Morgan fingerprint density at radius 2 is 2.08 bits per heavy atom. The Hall–Kier alpha value is -2.90. The van der Waals surface area contributed by atoms with E-state index in [9.17, 15) is 4.79 Å². The van der Waals surface area contributed by atoms with E-state index < -0.39 is 0 Å². The molecular formula is C18H24N6O2. The molecule has 0 unspecified atom stereocenters. The van der Waals surface area contributed by atoms with Gasteiger partial charge in [0.05, 0.1) is 17.1 Å². The van der Waals surface area contributed by atoms with Crippen molar-refractivity contribution in [2.24, 2.45) is 0 Å². The van der Waals surface area contributed by atoms with Crippen molar-refractivity contribution in [1.82, 2.24) is 30.4 Å². The molecule has 1 atom stereocenters. The van der Waals surface area contributed by atoms with Gasteiger partial charge in [-0.2, -0.15) is 0 Å². The molecule has 138 valence electrons. The number of aromatic nitrogens is 4. The minimum atomic E-state index is -0.218. The molecule has 2 heterocycles. The quantitative estimate of drug-likeness (QED) is 0.707. The maximum Gasteiger partial charge on any atom is 0.318 e. The average molecular weight is 356 g/mol. The smallest absolute Gasteiger partial charge is 0.318 e. The Labute approximate surface area is 152 Å². The minimum absolute atomic E-state index is 0.202. The van der Waals surface area contributed by atoms with Crippen LogP contribution in [0.1, 0.15) is 49.5 Å². The molecule has 0 spiro atoms. The van der Waals surface area contributed by atoms with Gasteiger partial charge in [0.2, 0.25) is 11.8 Å². The van der Waals surface area contributed by atoms with Gasteiger partial charge < -0.3 is 19.6 Å². The van der Waals surface area contributed by atoms with E-state index in [1.54, 1.807) is 7.05 Å². The van der Waals surface area contributed by atoms with E-state index in [4.69, 9.17) is 4.42 Å². The van der Waals surface area contributed by atoms with Gasteiger partial charge in [-0.25, -0.2) is 9.78 Å². The number of rotatable bonds is 6. The molecule has 2 amide bonds. The lowest BCUT2D eigenvalue weighted by atomic mass is 10.2. The molecule has 0 saturated heterocycles. The van der Waals surface area contributed by atoms with E-state index >= 15 is 0 Å². The van der Waals surface area contributed by atoms with Crippen LogP contribution in [-0.4, -0.2) is 38.1 Å². The Kier molecular flexibility index (Phi) is 5.20. The molecule has 26 heavy (non-hydrogen) atoms. The van der Waals surface area contributed by atoms with Crippen molar-refractivity contribution in [1.29, 1.82) is 0 Å². The highest BCUT2D eigenvalue weighted by molar-refractivity contribution is 5.77. The van der Waals surface area contributed by atoms with Gasteiger partial charge in [0.25, 0.3) is 0 Å². The number of hydrogen-bond donors (Lipinski definition) is 2. The normalized spacial score (nSPS) is 12.3. The number of benzene rings is 1. The number of carbonyl (C=O) groups is 1. The zero-order valence-corrected chi connectivity index (χ0v) is 15.5. The van der Waals surface area contributed by atoms with Crippen LogP contribution in [-0.2, 0) is 13.0 Å². The molecule has 0 saturated carbocycles. The summed E-state index contributed by atoms with van der Waals surface area (Å²) in [5.74, 6) is 1.74. The van der Waals surface area contributed by atoms with Crippen molar-refractivity contribution in [2.45, 2.75) is 46.2 Å². The third kappa shape index (κ3) is 3.84. The number of urea groups is 1. The monoisotopic (exact) mass is 356 g/mol. The lowest BCUT2D eigenvalue weighted by Crippen LogP contribution is -2.39. The number of nitrogens with zero attached hydrogens (tertiary/aromatic N) is 4. The molecule has 2 aromatic heterocycles. The van der Waals surface area contributed by atoms with E-state index in [1.165, 1.54) is 4.90 Å². The van der Waals surface area contributed by atoms with Gasteiger partial charge in [-0.1, -0.05) is 19.9 Å². The first-order valence-corrected chi connectivity index (χ1v) is 8.79. The summed E-state index contributed by atoms with van der Waals surface area (Å²) in [5, 5.41) is 10.9. The number of aromatic amines is 1. The van der Waals surface area contributed by atoms with Crippen LogP contribution in [0.2, 0.25) is 0 Å². The Bertz CT molecular complexity index is 900. The molecule has 0 fully saturated rings.